The third-order valence-electron chi connectivity index (χ3n) is 2.91. The van der Waals surface area contributed by atoms with Gasteiger partial charge in [-0.15, -0.1) is 0 Å². The topological polar surface area (TPSA) is 0 Å². The average Bonchev–Trinajstić information content (AvgIpc) is 2.36. The molecule has 0 aliphatic carbocycles. The van der Waals surface area contributed by atoms with Crippen LogP contribution in [0.25, 0.3) is 0 Å². The smallest absolute Gasteiger partial charge is 0.183 e. The second-order valence-electron chi connectivity index (χ2n) is 3.94. The van der Waals surface area contributed by atoms with Gasteiger partial charge in [0.25, 0.3) is 12.3 Å². The molecule has 0 bridgehead atoms. The molecule has 0 aromatic carbocycles. The minimum absolute atomic E-state index is 0.0439. The molecule has 0 aromatic heterocycles. The Hall–Kier alpha value is 0.190. The molecular formula is C10H16B2Cl2. The summed E-state index contributed by atoms with van der Waals surface area (Å²) in [7, 11) is 0. The molecule has 1 aliphatic heterocycles. The van der Waals surface area contributed by atoms with E-state index in [4.69, 9.17) is 22.9 Å². The maximum Gasteiger partial charge on any atom is 0.299 e. The SMILES string of the molecule is CCC1=C(CC)B(Cl)C(=C(C)C)B1Cl. The predicted molar refractivity (Wildman–Crippen MR) is 69.2 cm³/mol. The summed E-state index contributed by atoms with van der Waals surface area (Å²) in [5.41, 5.74) is 3.94. The molecule has 0 nitrogen and oxygen atoms in total. The summed E-state index contributed by atoms with van der Waals surface area (Å²) >= 11 is 12.8. The van der Waals surface area contributed by atoms with Gasteiger partial charge >= 0.3 is 0 Å². The summed E-state index contributed by atoms with van der Waals surface area (Å²) in [4.78, 5) is 0. The van der Waals surface area contributed by atoms with Crippen LogP contribution in [0.2, 0.25) is 0 Å². The molecule has 1 rings (SSSR count). The first-order chi connectivity index (χ1) is 6.54. The quantitative estimate of drug-likeness (QED) is 0.625. The van der Waals surface area contributed by atoms with Gasteiger partial charge in [0.05, 0.1) is 0 Å². The molecule has 0 fully saturated rings. The molecule has 0 radical (unpaired) electrons. The van der Waals surface area contributed by atoms with Gasteiger partial charge in [-0.05, 0) is 26.7 Å². The summed E-state index contributed by atoms with van der Waals surface area (Å²) in [6, 6.07) is 0. The van der Waals surface area contributed by atoms with Crippen molar-refractivity contribution in [2.75, 3.05) is 0 Å². The summed E-state index contributed by atoms with van der Waals surface area (Å²) in [5.74, 6) is 0. The monoisotopic (exact) mass is 228 g/mol. The Morgan fingerprint density at radius 2 is 1.36 bits per heavy atom. The lowest BCUT2D eigenvalue weighted by atomic mass is 9.51. The number of hydrogen-bond donors (Lipinski definition) is 0. The largest absolute Gasteiger partial charge is 0.299 e. The molecule has 0 saturated carbocycles. The highest BCUT2D eigenvalue weighted by Crippen LogP contribution is 2.38. The highest BCUT2D eigenvalue weighted by Gasteiger charge is 2.40. The van der Waals surface area contributed by atoms with Gasteiger partial charge in [-0.1, -0.05) is 35.7 Å². The first-order valence-corrected chi connectivity index (χ1v) is 6.09. The fraction of sp³-hybridized carbons (Fsp3) is 0.600. The van der Waals surface area contributed by atoms with Crippen molar-refractivity contribution in [2.24, 2.45) is 0 Å². The number of hydrogen-bond acceptors (Lipinski definition) is 0. The van der Waals surface area contributed by atoms with Crippen LogP contribution in [-0.2, 0) is 0 Å². The van der Waals surface area contributed by atoms with Crippen LogP contribution in [0.1, 0.15) is 40.5 Å². The summed E-state index contributed by atoms with van der Waals surface area (Å²) in [5, 5.41) is 1.21. The standard InChI is InChI=1S/C10H16B2Cl2/c1-5-8-9(6-2)12(14)10(7(3)4)11(8)13/h5-6H2,1-4H3. The van der Waals surface area contributed by atoms with E-state index in [2.05, 4.69) is 27.7 Å². The highest BCUT2D eigenvalue weighted by molar-refractivity contribution is 7.33. The Bertz CT molecular complexity index is 268. The fourth-order valence-corrected chi connectivity index (χ4v) is 3.49. The van der Waals surface area contributed by atoms with Crippen LogP contribution in [0.4, 0.5) is 0 Å². The van der Waals surface area contributed by atoms with Crippen LogP contribution in [0, 0.1) is 0 Å². The zero-order chi connectivity index (χ0) is 10.9. The number of allylic oxidation sites excluding steroid dienone is 3. The van der Waals surface area contributed by atoms with Gasteiger partial charge in [-0.3, -0.25) is 0 Å². The van der Waals surface area contributed by atoms with Gasteiger partial charge in [0.1, 0.15) is 0 Å². The molecule has 0 spiro atoms. The Labute approximate surface area is 97.7 Å². The fourth-order valence-electron chi connectivity index (χ4n) is 2.15. The highest BCUT2D eigenvalue weighted by atomic mass is 35.5. The van der Waals surface area contributed by atoms with Crippen LogP contribution in [0.3, 0.4) is 0 Å². The lowest BCUT2D eigenvalue weighted by molar-refractivity contribution is 1.11. The molecule has 4 heteroatoms. The Morgan fingerprint density at radius 3 is 1.57 bits per heavy atom. The third-order valence-corrected chi connectivity index (χ3v) is 3.91. The van der Waals surface area contributed by atoms with Crippen molar-refractivity contribution in [1.29, 1.82) is 0 Å². The van der Waals surface area contributed by atoms with Crippen LogP contribution >= 0.6 is 22.9 Å². The van der Waals surface area contributed by atoms with Gasteiger partial charge < -0.3 is 0 Å². The molecule has 14 heavy (non-hydrogen) atoms. The van der Waals surface area contributed by atoms with Crippen molar-refractivity contribution in [1.82, 2.24) is 0 Å². The number of halogens is 2. The second-order valence-corrected chi connectivity index (χ2v) is 4.81. The van der Waals surface area contributed by atoms with E-state index in [1.54, 1.807) is 0 Å². The average molecular weight is 229 g/mol. The van der Waals surface area contributed by atoms with E-state index in [0.29, 0.717) is 0 Å². The summed E-state index contributed by atoms with van der Waals surface area (Å²) in [6.07, 6.45) is 2.11. The Morgan fingerprint density at radius 1 is 1.00 bits per heavy atom. The maximum absolute atomic E-state index is 6.41. The zero-order valence-electron chi connectivity index (χ0n) is 9.32. The van der Waals surface area contributed by atoms with Crippen molar-refractivity contribution in [2.45, 2.75) is 40.5 Å². The van der Waals surface area contributed by atoms with Gasteiger partial charge in [-0.2, -0.15) is 22.9 Å². The van der Waals surface area contributed by atoms with Crippen LogP contribution < -0.4 is 0 Å². The maximum atomic E-state index is 6.41. The first kappa shape index (κ1) is 12.3. The molecule has 0 saturated heterocycles. The molecule has 0 unspecified atom stereocenters. The van der Waals surface area contributed by atoms with Crippen LogP contribution in [0.5, 0.6) is 0 Å². The lowest BCUT2D eigenvalue weighted by Gasteiger charge is -2.07. The van der Waals surface area contributed by atoms with E-state index in [-0.39, 0.29) is 12.3 Å². The minimum atomic E-state index is 0.0439. The molecule has 0 amide bonds. The van der Waals surface area contributed by atoms with Crippen molar-refractivity contribution >= 4 is 35.2 Å². The molecule has 0 atom stereocenters. The van der Waals surface area contributed by atoms with Crippen LogP contribution in [0.15, 0.2) is 21.9 Å². The second kappa shape index (κ2) is 4.81. The van der Waals surface area contributed by atoms with Crippen molar-refractivity contribution in [3.8, 4) is 0 Å². The predicted octanol–water partition coefficient (Wildman–Crippen LogP) is 4.07. The molecule has 0 N–H and O–H groups in total. The molecule has 1 heterocycles. The van der Waals surface area contributed by atoms with Gasteiger partial charge in [0.2, 0.25) is 0 Å². The van der Waals surface area contributed by atoms with E-state index in [1.165, 1.54) is 21.9 Å². The van der Waals surface area contributed by atoms with Gasteiger partial charge in [-0.25, -0.2) is 0 Å². The van der Waals surface area contributed by atoms with E-state index in [1.807, 2.05) is 0 Å². The van der Waals surface area contributed by atoms with E-state index in [0.717, 1.165) is 12.8 Å². The van der Waals surface area contributed by atoms with Crippen LogP contribution in [-0.4, -0.2) is 12.3 Å². The Balaban J connectivity index is 3.15. The summed E-state index contributed by atoms with van der Waals surface area (Å²) in [6.45, 7) is 8.48. The van der Waals surface area contributed by atoms with Gasteiger partial charge in [0, 0.05) is 0 Å². The van der Waals surface area contributed by atoms with Crippen molar-refractivity contribution in [3.63, 3.8) is 0 Å². The molecule has 1 aliphatic rings. The van der Waals surface area contributed by atoms with Crippen molar-refractivity contribution < 1.29 is 0 Å². The summed E-state index contributed by atoms with van der Waals surface area (Å²) < 4.78 is 0. The normalized spacial score (nSPS) is 17.1. The zero-order valence-corrected chi connectivity index (χ0v) is 10.8. The lowest BCUT2D eigenvalue weighted by Crippen LogP contribution is -2.15. The molecule has 0 aromatic rings. The Kier molecular flexibility index (Phi) is 4.21. The third kappa shape index (κ3) is 1.92. The van der Waals surface area contributed by atoms with E-state index < -0.39 is 0 Å². The minimum Gasteiger partial charge on any atom is -0.183 e. The van der Waals surface area contributed by atoms with E-state index in [9.17, 15) is 0 Å². The molecular weight excluding hydrogens is 213 g/mol. The van der Waals surface area contributed by atoms with Gasteiger partial charge in [0.15, 0.2) is 0 Å². The van der Waals surface area contributed by atoms with Crippen molar-refractivity contribution in [3.05, 3.63) is 21.9 Å². The first-order valence-electron chi connectivity index (χ1n) is 5.21. The number of rotatable bonds is 2. The molecule has 76 valence electrons. The van der Waals surface area contributed by atoms with E-state index >= 15 is 0 Å².